The molecule has 8 heteroatoms. The van der Waals surface area contributed by atoms with Crippen molar-refractivity contribution >= 4 is 51.4 Å². The predicted octanol–water partition coefficient (Wildman–Crippen LogP) is 4.52. The predicted molar refractivity (Wildman–Crippen MR) is 95.8 cm³/mol. The van der Waals surface area contributed by atoms with E-state index < -0.39 is 0 Å². The third kappa shape index (κ3) is 3.54. The second-order valence-electron chi connectivity index (χ2n) is 5.26. The van der Waals surface area contributed by atoms with Crippen LogP contribution in [-0.4, -0.2) is 21.0 Å². The van der Waals surface area contributed by atoms with E-state index in [4.69, 9.17) is 12.2 Å². The molecule has 0 aliphatic rings. The molecule has 0 spiro atoms. The normalized spacial score (nSPS) is 10.9. The minimum Gasteiger partial charge on any atom is -0.336 e. The summed E-state index contributed by atoms with van der Waals surface area (Å²) in [5.41, 5.74) is 2.59. The highest BCUT2D eigenvalue weighted by atomic mass is 32.1. The van der Waals surface area contributed by atoms with Crippen LogP contribution in [0.15, 0.2) is 30.6 Å². The zero-order valence-electron chi connectivity index (χ0n) is 12.6. The zero-order chi connectivity index (χ0) is 16.4. The van der Waals surface area contributed by atoms with Gasteiger partial charge in [-0.25, -0.2) is 9.78 Å². The average Bonchev–Trinajstić information content (AvgIpc) is 2.86. The molecular formula is C15H15N5OS2. The minimum absolute atomic E-state index is 0.264. The summed E-state index contributed by atoms with van der Waals surface area (Å²) >= 11 is 6.46. The van der Waals surface area contributed by atoms with Crippen molar-refractivity contribution in [2.24, 2.45) is 0 Å². The molecule has 0 radical (unpaired) electrons. The molecule has 6 nitrogen and oxygen atoms in total. The topological polar surface area (TPSA) is 82.7 Å². The number of carbonyl (C=O) groups excluding carboxylic acids is 1. The van der Waals surface area contributed by atoms with Crippen molar-refractivity contribution in [3.8, 4) is 0 Å². The van der Waals surface area contributed by atoms with E-state index >= 15 is 0 Å². The van der Waals surface area contributed by atoms with Crippen LogP contribution in [0.25, 0.3) is 10.3 Å². The second-order valence-corrected chi connectivity index (χ2v) is 6.93. The molecule has 0 saturated heterocycles. The standard InChI is InChI=1S/C15H15N5OS2/c1-8(2)9-7-16-6-5-10(9)17-14(21)20-12-4-3-11-13(19-12)23-15(22)18-11/h3-8H,1-2H3,(H,18,22)(H2,16,17,19,20,21). The number of carbonyl (C=O) groups is 1. The van der Waals surface area contributed by atoms with Crippen LogP contribution in [0.3, 0.4) is 0 Å². The SMILES string of the molecule is CC(C)c1cnccc1NC(=O)Nc1ccc2[nH]c(=S)sc2n1. The van der Waals surface area contributed by atoms with Crippen LogP contribution in [0.2, 0.25) is 0 Å². The lowest BCUT2D eigenvalue weighted by Crippen LogP contribution is -2.21. The number of hydrogen-bond donors (Lipinski definition) is 3. The van der Waals surface area contributed by atoms with Crippen LogP contribution in [0, 0.1) is 3.95 Å². The molecule has 0 aromatic carbocycles. The van der Waals surface area contributed by atoms with Crippen LogP contribution in [0.1, 0.15) is 25.3 Å². The number of anilines is 2. The summed E-state index contributed by atoms with van der Waals surface area (Å²) in [5.74, 6) is 0.737. The van der Waals surface area contributed by atoms with Gasteiger partial charge >= 0.3 is 6.03 Å². The maximum atomic E-state index is 12.2. The first-order valence-electron chi connectivity index (χ1n) is 7.04. The maximum Gasteiger partial charge on any atom is 0.324 e. The third-order valence-corrected chi connectivity index (χ3v) is 4.39. The van der Waals surface area contributed by atoms with Crippen molar-refractivity contribution in [1.29, 1.82) is 0 Å². The van der Waals surface area contributed by atoms with E-state index in [1.54, 1.807) is 24.5 Å². The molecule has 3 aromatic rings. The van der Waals surface area contributed by atoms with Gasteiger partial charge in [0.05, 0.1) is 5.52 Å². The van der Waals surface area contributed by atoms with Gasteiger partial charge in [0, 0.05) is 18.1 Å². The molecular weight excluding hydrogens is 330 g/mol. The van der Waals surface area contributed by atoms with Crippen molar-refractivity contribution in [3.63, 3.8) is 0 Å². The summed E-state index contributed by atoms with van der Waals surface area (Å²) in [6.07, 6.45) is 3.41. The smallest absolute Gasteiger partial charge is 0.324 e. The molecule has 23 heavy (non-hydrogen) atoms. The zero-order valence-corrected chi connectivity index (χ0v) is 14.2. The highest BCUT2D eigenvalue weighted by Gasteiger charge is 2.10. The Bertz CT molecular complexity index is 915. The van der Waals surface area contributed by atoms with Gasteiger partial charge in [0.2, 0.25) is 0 Å². The van der Waals surface area contributed by atoms with Gasteiger partial charge in [-0.1, -0.05) is 25.2 Å². The molecule has 3 aromatic heterocycles. The first-order valence-corrected chi connectivity index (χ1v) is 8.27. The number of pyridine rings is 2. The van der Waals surface area contributed by atoms with Crippen molar-refractivity contribution in [2.75, 3.05) is 10.6 Å². The highest BCUT2D eigenvalue weighted by Crippen LogP contribution is 2.23. The first kappa shape index (κ1) is 15.6. The summed E-state index contributed by atoms with van der Waals surface area (Å²) in [7, 11) is 0. The van der Waals surface area contributed by atoms with Crippen molar-refractivity contribution in [3.05, 3.63) is 40.1 Å². The molecule has 0 fully saturated rings. The van der Waals surface area contributed by atoms with Crippen molar-refractivity contribution < 1.29 is 4.79 Å². The molecule has 0 bridgehead atoms. The number of thiazole rings is 1. The van der Waals surface area contributed by atoms with Gasteiger partial charge in [-0.2, -0.15) is 0 Å². The fourth-order valence-corrected chi connectivity index (χ4v) is 3.21. The number of fused-ring (bicyclic) bond motifs is 1. The van der Waals surface area contributed by atoms with Gasteiger partial charge in [0.1, 0.15) is 10.6 Å². The lowest BCUT2D eigenvalue weighted by atomic mass is 10.0. The monoisotopic (exact) mass is 345 g/mol. The number of nitrogens with zero attached hydrogens (tertiary/aromatic N) is 2. The van der Waals surface area contributed by atoms with Gasteiger partial charge in [-0.3, -0.25) is 10.3 Å². The molecule has 118 valence electrons. The lowest BCUT2D eigenvalue weighted by Gasteiger charge is -2.13. The Morgan fingerprint density at radius 3 is 2.91 bits per heavy atom. The number of urea groups is 1. The maximum absolute atomic E-state index is 12.2. The van der Waals surface area contributed by atoms with Gasteiger partial charge in [0.15, 0.2) is 3.95 Å². The second kappa shape index (κ2) is 6.43. The van der Waals surface area contributed by atoms with Gasteiger partial charge in [-0.05, 0) is 41.9 Å². The molecule has 3 heterocycles. The van der Waals surface area contributed by atoms with Crippen LogP contribution in [-0.2, 0) is 0 Å². The van der Waals surface area contributed by atoms with Gasteiger partial charge < -0.3 is 10.3 Å². The van der Waals surface area contributed by atoms with E-state index in [2.05, 4.69) is 39.4 Å². The number of H-pyrrole nitrogens is 1. The lowest BCUT2D eigenvalue weighted by molar-refractivity contribution is 0.262. The molecule has 0 unspecified atom stereocenters. The van der Waals surface area contributed by atoms with Crippen molar-refractivity contribution in [1.82, 2.24) is 15.0 Å². The van der Waals surface area contributed by atoms with E-state index in [1.807, 2.05) is 6.07 Å². The Labute approximate surface area is 142 Å². The number of amides is 2. The number of aromatic amines is 1. The molecule has 2 amide bonds. The Morgan fingerprint density at radius 2 is 2.13 bits per heavy atom. The number of rotatable bonds is 3. The Hall–Kier alpha value is -2.32. The Balaban J connectivity index is 1.77. The quantitative estimate of drug-likeness (QED) is 0.610. The fourth-order valence-electron chi connectivity index (χ4n) is 2.16. The van der Waals surface area contributed by atoms with E-state index in [0.717, 1.165) is 21.6 Å². The number of nitrogens with one attached hydrogen (secondary N) is 3. The first-order chi connectivity index (χ1) is 11.0. The molecule has 3 N–H and O–H groups in total. The van der Waals surface area contributed by atoms with Crippen LogP contribution < -0.4 is 10.6 Å². The largest absolute Gasteiger partial charge is 0.336 e. The van der Waals surface area contributed by atoms with Crippen LogP contribution in [0.5, 0.6) is 0 Å². The van der Waals surface area contributed by atoms with Crippen LogP contribution >= 0.6 is 23.6 Å². The van der Waals surface area contributed by atoms with Crippen molar-refractivity contribution in [2.45, 2.75) is 19.8 Å². The Morgan fingerprint density at radius 1 is 1.30 bits per heavy atom. The van der Waals surface area contributed by atoms with Crippen LogP contribution in [0.4, 0.5) is 16.3 Å². The van der Waals surface area contributed by atoms with E-state index in [9.17, 15) is 4.79 Å². The van der Waals surface area contributed by atoms with E-state index in [0.29, 0.717) is 9.77 Å². The highest BCUT2D eigenvalue weighted by molar-refractivity contribution is 7.73. The number of aromatic nitrogens is 3. The van der Waals surface area contributed by atoms with Gasteiger partial charge in [-0.15, -0.1) is 0 Å². The fraction of sp³-hybridized carbons (Fsp3) is 0.200. The third-order valence-electron chi connectivity index (χ3n) is 3.25. The minimum atomic E-state index is -0.343. The summed E-state index contributed by atoms with van der Waals surface area (Å²) in [4.78, 5) is 24.5. The summed E-state index contributed by atoms with van der Waals surface area (Å²) in [5, 5.41) is 5.57. The molecule has 0 aliphatic carbocycles. The van der Waals surface area contributed by atoms with Gasteiger partial charge in [0.25, 0.3) is 0 Å². The summed E-state index contributed by atoms with van der Waals surface area (Å²) in [6.45, 7) is 4.10. The van der Waals surface area contributed by atoms with E-state index in [-0.39, 0.29) is 11.9 Å². The molecule has 0 aliphatic heterocycles. The number of hydrogen-bond acceptors (Lipinski definition) is 5. The van der Waals surface area contributed by atoms with E-state index in [1.165, 1.54) is 11.3 Å². The summed E-state index contributed by atoms with van der Waals surface area (Å²) < 4.78 is 0.660. The average molecular weight is 345 g/mol. The summed E-state index contributed by atoms with van der Waals surface area (Å²) in [6, 6.07) is 5.01. The molecule has 3 rings (SSSR count). The molecule has 0 atom stereocenters. The Kier molecular flexibility index (Phi) is 4.35. The molecule has 0 saturated carbocycles.